The molecule has 1 aliphatic rings. The van der Waals surface area contributed by atoms with Crippen LogP contribution in [0.25, 0.3) is 21.6 Å². The van der Waals surface area contributed by atoms with Crippen molar-refractivity contribution in [3.63, 3.8) is 0 Å². The normalized spacial score (nSPS) is 20.5. The van der Waals surface area contributed by atoms with Crippen LogP contribution in [0.3, 0.4) is 0 Å². The van der Waals surface area contributed by atoms with Crippen molar-refractivity contribution >= 4 is 34.8 Å². The predicted octanol–water partition coefficient (Wildman–Crippen LogP) is 6.11. The summed E-state index contributed by atoms with van der Waals surface area (Å²) in [6, 6.07) is 9.53. The second-order valence-electron chi connectivity index (χ2n) is 10.8. The molecule has 5 rings (SSSR count). The summed E-state index contributed by atoms with van der Waals surface area (Å²) in [5.41, 5.74) is 5.25. The Bertz CT molecular complexity index is 1590. The number of nitrogen functional groups attached to an aromatic ring is 1. The number of carbonyl (C=O) groups is 1. The molecule has 0 bridgehead atoms. The molecule has 41 heavy (non-hydrogen) atoms. The molecule has 0 saturated heterocycles. The number of pyridine rings is 1. The fraction of sp³-hybridized carbons (Fsp3) is 0.321. The molecular formula is C28H27F3N6O3S. The van der Waals surface area contributed by atoms with Crippen molar-refractivity contribution in [2.45, 2.75) is 44.9 Å². The van der Waals surface area contributed by atoms with Gasteiger partial charge in [0.15, 0.2) is 0 Å². The van der Waals surface area contributed by atoms with Gasteiger partial charge in [0, 0.05) is 29.8 Å². The van der Waals surface area contributed by atoms with E-state index in [-0.39, 0.29) is 18.8 Å². The number of alkyl halides is 3. The van der Waals surface area contributed by atoms with Crippen LogP contribution in [0.1, 0.15) is 43.8 Å². The van der Waals surface area contributed by atoms with Crippen LogP contribution in [0, 0.1) is 11.3 Å². The lowest BCUT2D eigenvalue weighted by Crippen LogP contribution is -2.44. The van der Waals surface area contributed by atoms with Crippen LogP contribution in [0.4, 0.5) is 30.6 Å². The summed E-state index contributed by atoms with van der Waals surface area (Å²) in [6.45, 7) is 3.67. The zero-order valence-corrected chi connectivity index (χ0v) is 22.9. The third-order valence-corrected chi connectivity index (χ3v) is 8.52. The van der Waals surface area contributed by atoms with Gasteiger partial charge in [-0.05, 0) is 72.2 Å². The number of rotatable bonds is 6. The molecule has 0 spiro atoms. The fourth-order valence-corrected chi connectivity index (χ4v) is 6.31. The molecule has 1 fully saturated rings. The van der Waals surface area contributed by atoms with Gasteiger partial charge in [-0.1, -0.05) is 13.8 Å². The van der Waals surface area contributed by atoms with Gasteiger partial charge in [-0.2, -0.15) is 13.2 Å². The molecule has 214 valence electrons. The van der Waals surface area contributed by atoms with Crippen LogP contribution >= 0.6 is 11.3 Å². The smallest absolute Gasteiger partial charge is 0.433 e. The van der Waals surface area contributed by atoms with Crippen LogP contribution in [-0.2, 0) is 16.6 Å². The minimum atomic E-state index is -4.63. The first-order valence-corrected chi connectivity index (χ1v) is 13.5. The lowest BCUT2D eigenvalue weighted by atomic mass is 9.63. The van der Waals surface area contributed by atoms with Crippen molar-refractivity contribution in [3.05, 3.63) is 65.7 Å². The van der Waals surface area contributed by atoms with Gasteiger partial charge in [0.25, 0.3) is 0 Å². The zero-order valence-electron chi connectivity index (χ0n) is 22.1. The summed E-state index contributed by atoms with van der Waals surface area (Å²) in [5, 5.41) is 24.5. The molecule has 5 N–H and O–H groups in total. The van der Waals surface area contributed by atoms with Crippen LogP contribution in [0.2, 0.25) is 0 Å². The average Bonchev–Trinajstić information content (AvgIpc) is 3.39. The van der Waals surface area contributed by atoms with Gasteiger partial charge >= 0.3 is 12.1 Å². The standard InChI is InChI=1S/C28H27F3N6O3S/c1-26(2)14-27(40,7-5-19(26)23(38)39)24-35-13-20(41-24)17-9-16(15-3-4-22(32)34-12-15)10-18(11-17)36-25-33-8-6-21(37-25)28(29,30)31/h3-4,6,8-13,19,40H,5,7,14H2,1-2H3,(H2,32,34)(H,38,39)(H,33,36,37)/t19-,27-/m0/s1. The number of carboxylic acids is 1. The van der Waals surface area contributed by atoms with Crippen LogP contribution in [0.15, 0.2) is 55.0 Å². The van der Waals surface area contributed by atoms with Gasteiger partial charge < -0.3 is 21.3 Å². The zero-order chi connectivity index (χ0) is 29.6. The summed E-state index contributed by atoms with van der Waals surface area (Å²) >= 11 is 1.28. The number of thiazole rings is 1. The molecule has 3 aromatic heterocycles. The van der Waals surface area contributed by atoms with E-state index in [0.717, 1.165) is 12.3 Å². The number of aliphatic hydroxyl groups is 1. The van der Waals surface area contributed by atoms with Gasteiger partial charge in [0.2, 0.25) is 5.95 Å². The van der Waals surface area contributed by atoms with Gasteiger partial charge in [-0.15, -0.1) is 11.3 Å². The van der Waals surface area contributed by atoms with E-state index in [2.05, 4.69) is 25.3 Å². The Morgan fingerprint density at radius 2 is 1.83 bits per heavy atom. The molecule has 9 nitrogen and oxygen atoms in total. The summed E-state index contributed by atoms with van der Waals surface area (Å²) in [7, 11) is 0. The number of hydrogen-bond donors (Lipinski definition) is 4. The SMILES string of the molecule is CC1(C)C[C@](O)(c2ncc(-c3cc(Nc4nccc(C(F)(F)F)n4)cc(-c4ccc(N)nc4)c3)s2)CC[C@H]1C(=O)O. The number of nitrogens with two attached hydrogens (primary N) is 1. The highest BCUT2D eigenvalue weighted by atomic mass is 32.1. The van der Waals surface area contributed by atoms with Crippen molar-refractivity contribution in [1.82, 2.24) is 19.9 Å². The Hall–Kier alpha value is -4.10. The number of nitrogens with zero attached hydrogens (tertiary/aromatic N) is 4. The van der Waals surface area contributed by atoms with Crippen LogP contribution in [-0.4, -0.2) is 36.1 Å². The van der Waals surface area contributed by atoms with E-state index >= 15 is 0 Å². The number of benzene rings is 1. The van der Waals surface area contributed by atoms with E-state index in [4.69, 9.17) is 5.73 Å². The maximum atomic E-state index is 13.2. The van der Waals surface area contributed by atoms with E-state index in [9.17, 15) is 28.2 Å². The maximum absolute atomic E-state index is 13.2. The molecule has 0 radical (unpaired) electrons. The number of carboxylic acid groups (broad SMARTS) is 1. The molecule has 1 aliphatic carbocycles. The Morgan fingerprint density at radius 3 is 2.49 bits per heavy atom. The molecule has 4 aromatic rings. The van der Waals surface area contributed by atoms with Crippen LogP contribution in [0.5, 0.6) is 0 Å². The van der Waals surface area contributed by atoms with E-state index in [1.807, 2.05) is 19.9 Å². The molecule has 1 aromatic carbocycles. The fourth-order valence-electron chi connectivity index (χ4n) is 5.29. The maximum Gasteiger partial charge on any atom is 0.433 e. The van der Waals surface area contributed by atoms with Gasteiger partial charge in [-0.3, -0.25) is 4.79 Å². The Kier molecular flexibility index (Phi) is 7.20. The largest absolute Gasteiger partial charge is 0.481 e. The third kappa shape index (κ3) is 6.00. The third-order valence-electron chi connectivity index (χ3n) is 7.28. The monoisotopic (exact) mass is 584 g/mol. The highest BCUT2D eigenvalue weighted by Crippen LogP contribution is 2.51. The molecule has 1 saturated carbocycles. The molecule has 13 heteroatoms. The summed E-state index contributed by atoms with van der Waals surface area (Å²) in [4.78, 5) is 28.6. The highest BCUT2D eigenvalue weighted by Gasteiger charge is 2.49. The van der Waals surface area contributed by atoms with Gasteiger partial charge in [0.05, 0.1) is 10.8 Å². The molecule has 3 heterocycles. The number of anilines is 3. The molecule has 0 unspecified atom stereocenters. The van der Waals surface area contributed by atoms with Crippen molar-refractivity contribution < 1.29 is 28.2 Å². The number of nitrogens with one attached hydrogen (secondary N) is 1. The molecular weight excluding hydrogens is 557 g/mol. The number of hydrogen-bond acceptors (Lipinski definition) is 9. The summed E-state index contributed by atoms with van der Waals surface area (Å²) in [5.74, 6) is -1.34. The van der Waals surface area contributed by atoms with Crippen molar-refractivity contribution in [2.24, 2.45) is 11.3 Å². The lowest BCUT2D eigenvalue weighted by molar-refractivity contribution is -0.154. The minimum absolute atomic E-state index is 0.227. The van der Waals surface area contributed by atoms with Crippen molar-refractivity contribution in [3.8, 4) is 21.6 Å². The highest BCUT2D eigenvalue weighted by molar-refractivity contribution is 7.15. The van der Waals surface area contributed by atoms with E-state index < -0.39 is 34.8 Å². The lowest BCUT2D eigenvalue weighted by Gasteiger charge is -2.44. The van der Waals surface area contributed by atoms with Crippen molar-refractivity contribution in [1.29, 1.82) is 0 Å². The second-order valence-corrected chi connectivity index (χ2v) is 11.8. The van der Waals surface area contributed by atoms with Gasteiger partial charge in [-0.25, -0.2) is 19.9 Å². The number of aliphatic carboxylic acids is 1. The predicted molar refractivity (Wildman–Crippen MR) is 148 cm³/mol. The molecule has 0 amide bonds. The Morgan fingerprint density at radius 1 is 1.07 bits per heavy atom. The van der Waals surface area contributed by atoms with Gasteiger partial charge in [0.1, 0.15) is 22.1 Å². The van der Waals surface area contributed by atoms with Crippen LogP contribution < -0.4 is 11.1 Å². The average molecular weight is 585 g/mol. The molecule has 0 aliphatic heterocycles. The first kappa shape index (κ1) is 28.4. The van der Waals surface area contributed by atoms with E-state index in [0.29, 0.717) is 44.5 Å². The second kappa shape index (κ2) is 10.4. The Balaban J connectivity index is 1.52. The topological polar surface area (TPSA) is 147 Å². The number of aromatic nitrogens is 4. The minimum Gasteiger partial charge on any atom is -0.481 e. The van der Waals surface area contributed by atoms with E-state index in [1.54, 1.807) is 36.7 Å². The van der Waals surface area contributed by atoms with E-state index in [1.165, 1.54) is 11.3 Å². The summed E-state index contributed by atoms with van der Waals surface area (Å²) < 4.78 is 39.6. The Labute approximate surface area is 237 Å². The number of halogens is 3. The van der Waals surface area contributed by atoms with Crippen molar-refractivity contribution in [2.75, 3.05) is 11.1 Å². The first-order chi connectivity index (χ1) is 19.2. The first-order valence-electron chi connectivity index (χ1n) is 12.7. The quantitative estimate of drug-likeness (QED) is 0.211. The molecule has 2 atom stereocenters. The summed E-state index contributed by atoms with van der Waals surface area (Å²) in [6.07, 6.45) is 0.432.